The van der Waals surface area contributed by atoms with Crippen molar-refractivity contribution in [1.29, 1.82) is 0 Å². The maximum absolute atomic E-state index is 13.6. The van der Waals surface area contributed by atoms with Crippen LogP contribution >= 0.6 is 11.6 Å². The minimum absolute atomic E-state index is 0.0508. The summed E-state index contributed by atoms with van der Waals surface area (Å²) in [7, 11) is 1.38. The summed E-state index contributed by atoms with van der Waals surface area (Å²) >= 11 is 6.67. The second kappa shape index (κ2) is 14.7. The van der Waals surface area contributed by atoms with Crippen LogP contribution in [0.2, 0.25) is 0 Å². The number of rotatable bonds is 14. The summed E-state index contributed by atoms with van der Waals surface area (Å²) in [4.78, 5) is 64.4. The van der Waals surface area contributed by atoms with Gasteiger partial charge in [-0.3, -0.25) is 19.2 Å². The molecule has 0 aromatic heterocycles. The second-order valence-corrected chi connectivity index (χ2v) is 15.3. The highest BCUT2D eigenvalue weighted by molar-refractivity contribution is 6.50. The van der Waals surface area contributed by atoms with Crippen molar-refractivity contribution in [3.63, 3.8) is 0 Å². The highest BCUT2D eigenvalue weighted by Gasteiger charge is 2.59. The third kappa shape index (κ3) is 8.38. The predicted octanol–water partition coefficient (Wildman–Crippen LogP) is 7.24. The second-order valence-electron chi connectivity index (χ2n) is 14.8. The summed E-state index contributed by atoms with van der Waals surface area (Å²) < 4.78 is 6.21. The van der Waals surface area contributed by atoms with Crippen LogP contribution in [0.5, 0.6) is 5.75 Å². The molecule has 0 saturated carbocycles. The molecule has 1 saturated heterocycles. The van der Waals surface area contributed by atoms with Crippen LogP contribution in [0, 0.1) is 5.41 Å². The summed E-state index contributed by atoms with van der Waals surface area (Å²) in [6.07, 6.45) is 2.65. The number of alkyl halides is 1. The average Bonchev–Trinajstić information content (AvgIpc) is 3.28. The number of carbonyl (C=O) groups excluding carboxylic acids is 5. The Kier molecular flexibility index (Phi) is 11.8. The van der Waals surface area contributed by atoms with Crippen molar-refractivity contribution < 1.29 is 28.7 Å². The topological polar surface area (TPSA) is 125 Å². The van der Waals surface area contributed by atoms with Gasteiger partial charge in [0, 0.05) is 35.8 Å². The Hall–Kier alpha value is -3.92. The van der Waals surface area contributed by atoms with Gasteiger partial charge in [0.25, 0.3) is 16.8 Å². The van der Waals surface area contributed by atoms with Gasteiger partial charge in [-0.2, -0.15) is 0 Å². The fourth-order valence-corrected chi connectivity index (χ4v) is 5.75. The molecule has 1 aliphatic rings. The first-order chi connectivity index (χ1) is 22.2. The first-order valence-electron chi connectivity index (χ1n) is 16.5. The van der Waals surface area contributed by atoms with Crippen LogP contribution in [-0.2, 0) is 30.0 Å². The van der Waals surface area contributed by atoms with Gasteiger partial charge in [0.05, 0.1) is 6.61 Å². The number of ketones is 1. The normalized spacial score (nSPS) is 15.3. The molecule has 2 aromatic rings. The molecule has 1 fully saturated rings. The van der Waals surface area contributed by atoms with E-state index in [1.54, 1.807) is 39.0 Å². The molecule has 2 aromatic carbocycles. The molecule has 1 aliphatic heterocycles. The Labute approximate surface area is 289 Å². The zero-order valence-corrected chi connectivity index (χ0v) is 30.8. The number of imide groups is 1. The fraction of sp³-hybridized carbons (Fsp3) is 0.541. The van der Waals surface area contributed by atoms with E-state index in [0.29, 0.717) is 23.6 Å². The third-order valence-electron chi connectivity index (χ3n) is 9.20. The molecule has 0 aliphatic carbocycles. The predicted molar refractivity (Wildman–Crippen MR) is 189 cm³/mol. The highest BCUT2D eigenvalue weighted by Crippen LogP contribution is 2.39. The number of urea groups is 1. The zero-order chi connectivity index (χ0) is 36.2. The third-order valence-corrected chi connectivity index (χ3v) is 9.71. The van der Waals surface area contributed by atoms with Crippen molar-refractivity contribution in [3.8, 4) is 5.75 Å². The van der Waals surface area contributed by atoms with Crippen molar-refractivity contribution in [2.75, 3.05) is 30.8 Å². The fourth-order valence-electron chi connectivity index (χ4n) is 5.25. The molecule has 1 atom stereocenters. The van der Waals surface area contributed by atoms with Crippen LogP contribution in [-0.4, -0.2) is 64.5 Å². The summed E-state index contributed by atoms with van der Waals surface area (Å²) in [6, 6.07) is 11.9. The number of carbonyl (C=O) groups is 5. The lowest BCUT2D eigenvalue weighted by Crippen LogP contribution is -2.63. The molecule has 48 heavy (non-hydrogen) atoms. The quantitative estimate of drug-likeness (QED) is 0.0712. The van der Waals surface area contributed by atoms with E-state index in [1.807, 2.05) is 6.07 Å². The van der Waals surface area contributed by atoms with Crippen molar-refractivity contribution in [2.45, 2.75) is 104 Å². The largest absolute Gasteiger partial charge is 0.493 e. The van der Waals surface area contributed by atoms with Gasteiger partial charge in [0.1, 0.15) is 12.3 Å². The van der Waals surface area contributed by atoms with Gasteiger partial charge in [0.2, 0.25) is 5.91 Å². The Morgan fingerprint density at radius 3 is 2.02 bits per heavy atom. The van der Waals surface area contributed by atoms with Gasteiger partial charge in [-0.1, -0.05) is 92.1 Å². The molecular formula is C37H51ClN4O6. The van der Waals surface area contributed by atoms with Crippen LogP contribution in [0.15, 0.2) is 42.5 Å². The molecule has 5 amide bonds. The van der Waals surface area contributed by atoms with Crippen molar-refractivity contribution in [1.82, 2.24) is 9.80 Å². The first-order valence-corrected chi connectivity index (χ1v) is 16.9. The number of hydrogen-bond donors (Lipinski definition) is 2. The molecule has 3 rings (SSSR count). The summed E-state index contributed by atoms with van der Waals surface area (Å²) in [5, 5.41) is 5.38. The standard InChI is InChI=1S/C37H51ClN4O6/c1-11-35(6,7)24-18-19-28(27(21-24)36(8,9)12-2)48-20-14-17-29(43)39-25-15-13-16-26(22-25)40-32(46)37(38,31(45)34(3,4)5)42-30(44)23-41(10)33(42)47/h13,15-16,18-19,21-22H,11-12,14,17,20,23H2,1-10H3,(H,39,43)(H,40,46). The number of benzene rings is 2. The van der Waals surface area contributed by atoms with Crippen LogP contribution in [0.25, 0.3) is 0 Å². The van der Waals surface area contributed by atoms with Gasteiger partial charge < -0.3 is 20.3 Å². The Morgan fingerprint density at radius 2 is 1.48 bits per heavy atom. The molecule has 0 spiro atoms. The Morgan fingerprint density at radius 1 is 0.875 bits per heavy atom. The van der Waals surface area contributed by atoms with E-state index < -0.39 is 34.0 Å². The van der Waals surface area contributed by atoms with E-state index in [4.69, 9.17) is 16.3 Å². The molecule has 0 radical (unpaired) electrons. The van der Waals surface area contributed by atoms with Crippen LogP contribution in [0.3, 0.4) is 0 Å². The van der Waals surface area contributed by atoms with E-state index in [1.165, 1.54) is 18.7 Å². The number of nitrogens with one attached hydrogen (secondary N) is 2. The number of nitrogens with zero attached hydrogens (tertiary/aromatic N) is 2. The van der Waals surface area contributed by atoms with Gasteiger partial charge in [-0.05, 0) is 59.9 Å². The number of anilines is 2. The number of Topliss-reactive ketones (excluding diaryl/α,β-unsaturated/α-hetero) is 1. The number of hydrogen-bond acceptors (Lipinski definition) is 6. The van der Waals surface area contributed by atoms with E-state index in [2.05, 4.69) is 64.3 Å². The van der Waals surface area contributed by atoms with Crippen molar-refractivity contribution in [2.24, 2.45) is 5.41 Å². The lowest BCUT2D eigenvalue weighted by Gasteiger charge is -2.35. The number of likely N-dealkylation sites (N-methyl/N-ethyl adjacent to an activating group) is 1. The van der Waals surface area contributed by atoms with Crippen molar-refractivity contribution >= 4 is 52.5 Å². The number of halogens is 1. The van der Waals surface area contributed by atoms with Crippen molar-refractivity contribution in [3.05, 3.63) is 53.6 Å². The van der Waals surface area contributed by atoms with Crippen LogP contribution in [0.1, 0.15) is 99.1 Å². The number of amides is 5. The van der Waals surface area contributed by atoms with E-state index >= 15 is 0 Å². The highest BCUT2D eigenvalue weighted by atomic mass is 35.5. The average molecular weight is 683 g/mol. The minimum atomic E-state index is -2.62. The molecule has 2 N–H and O–H groups in total. The molecular weight excluding hydrogens is 632 g/mol. The number of ether oxygens (including phenoxy) is 1. The van der Waals surface area contributed by atoms with E-state index in [0.717, 1.165) is 29.1 Å². The van der Waals surface area contributed by atoms with Crippen LogP contribution < -0.4 is 15.4 Å². The lowest BCUT2D eigenvalue weighted by atomic mass is 9.76. The monoisotopic (exact) mass is 682 g/mol. The van der Waals surface area contributed by atoms with Gasteiger partial charge >= 0.3 is 6.03 Å². The van der Waals surface area contributed by atoms with E-state index in [-0.39, 0.29) is 35.4 Å². The maximum Gasteiger partial charge on any atom is 0.329 e. The van der Waals surface area contributed by atoms with E-state index in [9.17, 15) is 24.0 Å². The molecule has 262 valence electrons. The van der Waals surface area contributed by atoms with Crippen LogP contribution in [0.4, 0.5) is 16.2 Å². The zero-order valence-electron chi connectivity index (χ0n) is 30.0. The van der Waals surface area contributed by atoms with Gasteiger partial charge in [-0.25, -0.2) is 9.69 Å². The SMILES string of the molecule is CCC(C)(C)c1ccc(OCCCC(=O)Nc2cccc(NC(=O)C(Cl)(C(=O)C(C)(C)C)N3C(=O)CN(C)C3=O)c2)c(C(C)(C)CC)c1. The molecule has 10 nitrogen and oxygen atoms in total. The summed E-state index contributed by atoms with van der Waals surface area (Å²) in [5.41, 5.74) is 1.85. The lowest BCUT2D eigenvalue weighted by molar-refractivity contribution is -0.145. The molecule has 1 heterocycles. The Balaban J connectivity index is 1.68. The smallest absolute Gasteiger partial charge is 0.329 e. The summed E-state index contributed by atoms with van der Waals surface area (Å²) in [6.45, 7) is 17.9. The molecule has 1 unspecified atom stereocenters. The molecule has 0 bridgehead atoms. The maximum atomic E-state index is 13.6. The Bertz CT molecular complexity index is 1560. The summed E-state index contributed by atoms with van der Waals surface area (Å²) in [5.74, 6) is -2.06. The minimum Gasteiger partial charge on any atom is -0.493 e. The first kappa shape index (κ1) is 38.5. The van der Waals surface area contributed by atoms with Gasteiger partial charge in [0.15, 0.2) is 5.78 Å². The molecule has 11 heteroatoms. The van der Waals surface area contributed by atoms with Gasteiger partial charge in [-0.15, -0.1) is 0 Å².